The highest BCUT2D eigenvalue weighted by atomic mass is 16.5. The van der Waals surface area contributed by atoms with Gasteiger partial charge in [0.1, 0.15) is 6.10 Å². The lowest BCUT2D eigenvalue weighted by Crippen LogP contribution is -2.24. The molecule has 0 bridgehead atoms. The average molecular weight is 401 g/mol. The van der Waals surface area contributed by atoms with Crippen LogP contribution < -0.4 is 0 Å². The molecule has 2 rings (SSSR count). The van der Waals surface area contributed by atoms with Gasteiger partial charge in [0, 0.05) is 6.08 Å². The molecule has 0 aromatic heterocycles. The highest BCUT2D eigenvalue weighted by molar-refractivity contribution is 5.89. The Bertz CT molecular complexity index is 627. The Morgan fingerprint density at radius 3 is 2.38 bits per heavy atom. The second kappa shape index (κ2) is 13.2. The van der Waals surface area contributed by atoms with Crippen molar-refractivity contribution in [2.75, 3.05) is 6.61 Å². The van der Waals surface area contributed by atoms with Gasteiger partial charge in [-0.25, -0.2) is 9.59 Å². The highest BCUT2D eigenvalue weighted by Gasteiger charge is 2.23. The van der Waals surface area contributed by atoms with Gasteiger partial charge in [-0.2, -0.15) is 0 Å². The van der Waals surface area contributed by atoms with Crippen molar-refractivity contribution in [2.45, 2.75) is 83.7 Å². The second-order valence-corrected chi connectivity index (χ2v) is 8.07. The van der Waals surface area contributed by atoms with Crippen LogP contribution in [0.5, 0.6) is 0 Å². The number of hydrogen-bond acceptors (Lipinski definition) is 4. The fourth-order valence-electron chi connectivity index (χ4n) is 3.99. The van der Waals surface area contributed by atoms with Crippen LogP contribution in [0.15, 0.2) is 36.9 Å². The number of rotatable bonds is 12. The van der Waals surface area contributed by atoms with Crippen molar-refractivity contribution in [3.05, 3.63) is 48.0 Å². The van der Waals surface area contributed by atoms with Crippen molar-refractivity contribution in [1.82, 2.24) is 0 Å². The van der Waals surface area contributed by atoms with Crippen molar-refractivity contribution in [3.8, 4) is 0 Å². The Balaban J connectivity index is 1.62. The summed E-state index contributed by atoms with van der Waals surface area (Å²) < 4.78 is 10.7. The second-order valence-electron chi connectivity index (χ2n) is 8.07. The maximum Gasteiger partial charge on any atom is 0.338 e. The van der Waals surface area contributed by atoms with Crippen LogP contribution in [0.4, 0.5) is 0 Å². The van der Waals surface area contributed by atoms with Crippen molar-refractivity contribution >= 4 is 11.9 Å². The van der Waals surface area contributed by atoms with Crippen molar-refractivity contribution in [3.63, 3.8) is 0 Å². The first-order valence-corrected chi connectivity index (χ1v) is 11.2. The van der Waals surface area contributed by atoms with Gasteiger partial charge >= 0.3 is 11.9 Å². The Morgan fingerprint density at radius 1 is 1.03 bits per heavy atom. The van der Waals surface area contributed by atoms with E-state index in [2.05, 4.69) is 13.5 Å². The standard InChI is InChI=1S/C25H36O4/c1-3-9-20-13-17-23(18-14-20)29-25(27)22-15-11-21(12-16-22)10-7-5-6-8-19-28-24(26)4-2/h4,11-12,15-16,20,23H,2-3,5-10,13-14,17-19H2,1H3. The molecule has 1 aromatic carbocycles. The fourth-order valence-corrected chi connectivity index (χ4v) is 3.99. The van der Waals surface area contributed by atoms with Gasteiger partial charge < -0.3 is 9.47 Å². The Labute approximate surface area is 175 Å². The molecule has 0 aliphatic heterocycles. The largest absolute Gasteiger partial charge is 0.463 e. The van der Waals surface area contributed by atoms with Crippen LogP contribution in [-0.4, -0.2) is 24.6 Å². The van der Waals surface area contributed by atoms with E-state index in [4.69, 9.17) is 9.47 Å². The van der Waals surface area contributed by atoms with Crippen molar-refractivity contribution in [1.29, 1.82) is 0 Å². The fraction of sp³-hybridized carbons (Fsp3) is 0.600. The molecule has 0 saturated heterocycles. The van der Waals surface area contributed by atoms with Crippen LogP contribution in [0.25, 0.3) is 0 Å². The quantitative estimate of drug-likeness (QED) is 0.244. The molecule has 0 amide bonds. The molecule has 0 unspecified atom stereocenters. The summed E-state index contributed by atoms with van der Waals surface area (Å²) in [6, 6.07) is 7.82. The molecule has 0 radical (unpaired) electrons. The Kier molecular flexibility index (Phi) is 10.5. The predicted octanol–water partition coefficient (Wildman–Crippen LogP) is 6.03. The number of hydrogen-bond donors (Lipinski definition) is 0. The van der Waals surface area contributed by atoms with Crippen molar-refractivity contribution in [2.24, 2.45) is 5.92 Å². The summed E-state index contributed by atoms with van der Waals surface area (Å²) in [6.45, 7) is 6.07. The van der Waals surface area contributed by atoms with E-state index < -0.39 is 0 Å². The maximum absolute atomic E-state index is 12.4. The molecule has 1 aliphatic carbocycles. The molecule has 1 aliphatic rings. The molecule has 0 spiro atoms. The molecule has 0 heterocycles. The average Bonchev–Trinajstić information content (AvgIpc) is 2.74. The number of esters is 2. The first-order valence-electron chi connectivity index (χ1n) is 11.2. The van der Waals surface area contributed by atoms with Gasteiger partial charge in [-0.05, 0) is 68.6 Å². The lowest BCUT2D eigenvalue weighted by molar-refractivity contribution is -0.137. The van der Waals surface area contributed by atoms with E-state index in [1.54, 1.807) is 0 Å². The van der Waals surface area contributed by atoms with E-state index in [-0.39, 0.29) is 18.0 Å². The number of aryl methyl sites for hydroxylation is 1. The minimum absolute atomic E-state index is 0.0843. The zero-order chi connectivity index (χ0) is 20.9. The van der Waals surface area contributed by atoms with Gasteiger partial charge in [0.15, 0.2) is 0 Å². The number of unbranched alkanes of at least 4 members (excludes halogenated alkanes) is 3. The zero-order valence-electron chi connectivity index (χ0n) is 17.9. The van der Waals surface area contributed by atoms with E-state index in [0.29, 0.717) is 12.2 Å². The minimum Gasteiger partial charge on any atom is -0.463 e. The molecule has 1 aromatic rings. The lowest BCUT2D eigenvalue weighted by Gasteiger charge is -2.28. The van der Waals surface area contributed by atoms with E-state index in [1.165, 1.54) is 37.3 Å². The van der Waals surface area contributed by atoms with Crippen LogP contribution in [-0.2, 0) is 20.7 Å². The molecule has 4 heteroatoms. The van der Waals surface area contributed by atoms with E-state index in [1.807, 2.05) is 24.3 Å². The third-order valence-corrected chi connectivity index (χ3v) is 5.72. The van der Waals surface area contributed by atoms with Gasteiger partial charge in [-0.15, -0.1) is 0 Å². The third-order valence-electron chi connectivity index (χ3n) is 5.72. The van der Waals surface area contributed by atoms with Gasteiger partial charge in [0.25, 0.3) is 0 Å². The van der Waals surface area contributed by atoms with Gasteiger partial charge in [-0.1, -0.05) is 51.3 Å². The molecular weight excluding hydrogens is 364 g/mol. The van der Waals surface area contributed by atoms with E-state index in [0.717, 1.165) is 50.9 Å². The van der Waals surface area contributed by atoms with Gasteiger partial charge in [-0.3, -0.25) is 0 Å². The molecular formula is C25H36O4. The highest BCUT2D eigenvalue weighted by Crippen LogP contribution is 2.29. The van der Waals surface area contributed by atoms with Crippen LogP contribution in [0, 0.1) is 5.92 Å². The maximum atomic E-state index is 12.4. The first kappa shape index (κ1) is 23.2. The SMILES string of the molecule is C=CC(=O)OCCCCCCc1ccc(C(=O)OC2CCC(CCC)CC2)cc1. The summed E-state index contributed by atoms with van der Waals surface area (Å²) in [5.41, 5.74) is 1.88. The summed E-state index contributed by atoms with van der Waals surface area (Å²) in [6.07, 6.45) is 13.3. The van der Waals surface area contributed by atoms with Gasteiger partial charge in [0.05, 0.1) is 12.2 Å². The smallest absolute Gasteiger partial charge is 0.338 e. The number of benzene rings is 1. The molecule has 160 valence electrons. The normalized spacial score (nSPS) is 18.8. The summed E-state index contributed by atoms with van der Waals surface area (Å²) >= 11 is 0. The molecule has 0 N–H and O–H groups in total. The zero-order valence-corrected chi connectivity index (χ0v) is 17.9. The van der Waals surface area contributed by atoms with Crippen LogP contribution in [0.3, 0.4) is 0 Å². The first-order chi connectivity index (χ1) is 14.1. The topological polar surface area (TPSA) is 52.6 Å². The van der Waals surface area contributed by atoms with Crippen molar-refractivity contribution < 1.29 is 19.1 Å². The molecule has 29 heavy (non-hydrogen) atoms. The molecule has 1 fully saturated rings. The number of carbonyl (C=O) groups is 2. The van der Waals surface area contributed by atoms with E-state index in [9.17, 15) is 9.59 Å². The summed E-state index contributed by atoms with van der Waals surface area (Å²) in [5, 5.41) is 0. The van der Waals surface area contributed by atoms with Crippen LogP contribution in [0.1, 0.15) is 87.1 Å². The summed E-state index contributed by atoms with van der Waals surface area (Å²) in [5.74, 6) is 0.272. The van der Waals surface area contributed by atoms with E-state index >= 15 is 0 Å². The molecule has 1 saturated carbocycles. The predicted molar refractivity (Wildman–Crippen MR) is 116 cm³/mol. The number of carbonyl (C=O) groups excluding carboxylic acids is 2. The number of ether oxygens (including phenoxy) is 2. The van der Waals surface area contributed by atoms with Crippen LogP contribution in [0.2, 0.25) is 0 Å². The Hall–Kier alpha value is -2.10. The van der Waals surface area contributed by atoms with Gasteiger partial charge in [0.2, 0.25) is 0 Å². The third kappa shape index (κ3) is 8.84. The summed E-state index contributed by atoms with van der Waals surface area (Å²) in [7, 11) is 0. The Morgan fingerprint density at radius 2 is 1.72 bits per heavy atom. The van der Waals surface area contributed by atoms with Crippen LogP contribution >= 0.6 is 0 Å². The molecule has 4 nitrogen and oxygen atoms in total. The molecule has 0 atom stereocenters. The monoisotopic (exact) mass is 400 g/mol. The summed E-state index contributed by atoms with van der Waals surface area (Å²) in [4.78, 5) is 23.3. The lowest BCUT2D eigenvalue weighted by atomic mass is 9.85. The minimum atomic E-state index is -0.354.